The van der Waals surface area contributed by atoms with Crippen molar-refractivity contribution in [2.45, 2.75) is 24.4 Å². The van der Waals surface area contributed by atoms with Crippen LogP contribution in [0.3, 0.4) is 0 Å². The average molecular weight is 430 g/mol. The molecule has 2 heterocycles. The van der Waals surface area contributed by atoms with Gasteiger partial charge in [0.2, 0.25) is 0 Å². The normalized spacial score (nSPS) is 23.6. The molecule has 9 nitrogen and oxygen atoms in total. The highest BCUT2D eigenvalue weighted by molar-refractivity contribution is 5.88. The van der Waals surface area contributed by atoms with Gasteiger partial charge in [0.05, 0.1) is 26.4 Å². The van der Waals surface area contributed by atoms with Gasteiger partial charge in [-0.3, -0.25) is 4.79 Å². The third-order valence-corrected chi connectivity index (χ3v) is 5.37. The molecule has 0 saturated carbocycles. The number of aromatic hydroxyl groups is 1. The van der Waals surface area contributed by atoms with Crippen LogP contribution in [0.2, 0.25) is 0 Å². The quantitative estimate of drug-likeness (QED) is 0.483. The summed E-state index contributed by atoms with van der Waals surface area (Å²) in [6, 6.07) is 9.56. The van der Waals surface area contributed by atoms with Crippen molar-refractivity contribution < 1.29 is 39.1 Å². The first-order valence-corrected chi connectivity index (χ1v) is 9.53. The molecule has 0 spiro atoms. The summed E-state index contributed by atoms with van der Waals surface area (Å²) < 4.78 is 21.8. The van der Waals surface area contributed by atoms with Crippen molar-refractivity contribution in [1.82, 2.24) is 0 Å². The maximum absolute atomic E-state index is 12.9. The van der Waals surface area contributed by atoms with Gasteiger partial charge in [-0.05, 0) is 24.3 Å². The summed E-state index contributed by atoms with van der Waals surface area (Å²) in [5, 5.41) is 40.9. The lowest BCUT2D eigenvalue weighted by Gasteiger charge is -2.36. The molecular weight excluding hydrogens is 408 g/mol. The molecule has 4 N–H and O–H groups in total. The van der Waals surface area contributed by atoms with E-state index >= 15 is 0 Å². The van der Waals surface area contributed by atoms with E-state index in [0.717, 1.165) is 0 Å². The van der Waals surface area contributed by atoms with E-state index in [9.17, 15) is 25.2 Å². The zero-order valence-corrected chi connectivity index (χ0v) is 16.8. The molecule has 0 bridgehead atoms. The zero-order chi connectivity index (χ0) is 22.3. The largest absolute Gasteiger partial charge is 0.506 e. The lowest BCUT2D eigenvalue weighted by Crippen LogP contribution is -2.49. The molecule has 1 aliphatic rings. The average Bonchev–Trinajstić information content (AvgIpc) is 2.77. The molecule has 0 unspecified atom stereocenters. The van der Waals surface area contributed by atoms with Gasteiger partial charge in [0.1, 0.15) is 58.4 Å². The van der Waals surface area contributed by atoms with E-state index in [2.05, 4.69) is 0 Å². The van der Waals surface area contributed by atoms with Gasteiger partial charge >= 0.3 is 0 Å². The summed E-state index contributed by atoms with van der Waals surface area (Å²) >= 11 is 0. The number of methoxy groups -OCH3 is 2. The molecule has 0 aliphatic carbocycles. The minimum Gasteiger partial charge on any atom is -0.506 e. The van der Waals surface area contributed by atoms with E-state index in [1.54, 1.807) is 31.4 Å². The number of ether oxygens (including phenoxy) is 3. The molecule has 1 saturated heterocycles. The van der Waals surface area contributed by atoms with Crippen LogP contribution in [0.15, 0.2) is 45.6 Å². The minimum atomic E-state index is -1.55. The molecule has 31 heavy (non-hydrogen) atoms. The van der Waals surface area contributed by atoms with Gasteiger partial charge in [0.15, 0.2) is 5.43 Å². The van der Waals surface area contributed by atoms with E-state index < -0.39 is 35.6 Å². The van der Waals surface area contributed by atoms with Crippen molar-refractivity contribution in [3.63, 3.8) is 0 Å². The lowest BCUT2D eigenvalue weighted by molar-refractivity contribution is -0.189. The Morgan fingerprint density at radius 1 is 1.00 bits per heavy atom. The predicted octanol–water partition coefficient (Wildman–Crippen LogP) is 1.34. The number of hydrogen-bond acceptors (Lipinski definition) is 9. The standard InChI is InChI=1S/C22H22O9/c1-28-11-5-3-10(4-6-11)14-7-12(23)17-16(31-14)8-15(29-2)18(20(17)26)22-21(27)19(25)13(24)9-30-22/h3-8,13,19,21-22,24-27H,9H2,1-2H3/t13-,19-,21+,22+/m1/s1. The van der Waals surface area contributed by atoms with Crippen LogP contribution < -0.4 is 14.9 Å². The number of aliphatic hydroxyl groups excluding tert-OH is 3. The van der Waals surface area contributed by atoms with Crippen LogP contribution in [-0.2, 0) is 4.74 Å². The monoisotopic (exact) mass is 430 g/mol. The van der Waals surface area contributed by atoms with Gasteiger partial charge in [-0.15, -0.1) is 0 Å². The first-order valence-electron chi connectivity index (χ1n) is 9.53. The summed E-state index contributed by atoms with van der Waals surface area (Å²) in [7, 11) is 2.89. The van der Waals surface area contributed by atoms with Gasteiger partial charge in [0.25, 0.3) is 0 Å². The summed E-state index contributed by atoms with van der Waals surface area (Å²) in [6.45, 7) is -0.269. The predicted molar refractivity (Wildman–Crippen MR) is 109 cm³/mol. The van der Waals surface area contributed by atoms with Crippen LogP contribution >= 0.6 is 0 Å². The molecule has 2 aromatic carbocycles. The van der Waals surface area contributed by atoms with Crippen LogP contribution in [0.5, 0.6) is 17.2 Å². The Hall–Kier alpha value is -3.11. The molecule has 0 amide bonds. The summed E-state index contributed by atoms with van der Waals surface area (Å²) in [4.78, 5) is 12.9. The van der Waals surface area contributed by atoms with Gasteiger partial charge in [-0.2, -0.15) is 0 Å². The van der Waals surface area contributed by atoms with E-state index in [0.29, 0.717) is 11.3 Å². The van der Waals surface area contributed by atoms with E-state index in [1.165, 1.54) is 19.2 Å². The number of phenolic OH excluding ortho intramolecular Hbond substituents is 1. The molecule has 4 rings (SSSR count). The first kappa shape index (κ1) is 21.1. The van der Waals surface area contributed by atoms with Crippen LogP contribution in [0, 0.1) is 0 Å². The number of aliphatic hydroxyl groups is 3. The fraction of sp³-hybridized carbons (Fsp3) is 0.318. The maximum atomic E-state index is 12.9. The molecule has 1 fully saturated rings. The van der Waals surface area contributed by atoms with Gasteiger partial charge in [-0.25, -0.2) is 0 Å². The number of fused-ring (bicyclic) bond motifs is 1. The number of rotatable bonds is 4. The van der Waals surface area contributed by atoms with E-state index in [1.807, 2.05) is 0 Å². The fourth-order valence-corrected chi connectivity index (χ4v) is 3.70. The topological polar surface area (TPSA) is 139 Å². The molecule has 4 atom stereocenters. The highest BCUT2D eigenvalue weighted by Crippen LogP contribution is 2.44. The fourth-order valence-electron chi connectivity index (χ4n) is 3.70. The molecule has 9 heteroatoms. The number of phenols is 1. The molecular formula is C22H22O9. The van der Waals surface area contributed by atoms with Crippen LogP contribution in [0.4, 0.5) is 0 Å². The van der Waals surface area contributed by atoms with Crippen LogP contribution in [-0.4, -0.2) is 59.6 Å². The second-order valence-electron chi connectivity index (χ2n) is 7.22. The Balaban J connectivity index is 1.86. The molecule has 0 radical (unpaired) electrons. The molecule has 1 aliphatic heterocycles. The van der Waals surface area contributed by atoms with E-state index in [4.69, 9.17) is 18.6 Å². The Morgan fingerprint density at radius 2 is 1.71 bits per heavy atom. The van der Waals surface area contributed by atoms with Crippen molar-refractivity contribution in [2.24, 2.45) is 0 Å². The van der Waals surface area contributed by atoms with E-state index in [-0.39, 0.29) is 34.6 Å². The molecule has 164 valence electrons. The Bertz CT molecular complexity index is 1150. The first-order chi connectivity index (χ1) is 14.8. The number of hydrogen-bond donors (Lipinski definition) is 4. The highest BCUT2D eigenvalue weighted by Gasteiger charge is 2.41. The second kappa shape index (κ2) is 8.20. The minimum absolute atomic E-state index is 0.0158. The van der Waals surface area contributed by atoms with Gasteiger partial charge < -0.3 is 39.1 Å². The van der Waals surface area contributed by atoms with Crippen LogP contribution in [0.25, 0.3) is 22.3 Å². The third kappa shape index (κ3) is 3.61. The smallest absolute Gasteiger partial charge is 0.197 e. The summed E-state index contributed by atoms with van der Waals surface area (Å²) in [6.07, 6.45) is -5.55. The SMILES string of the molecule is COc1ccc(-c2cc(=O)c3c(O)c([C@@H]4OC[C@@H](O)[C@@H](O)[C@@H]4O)c(OC)cc3o2)cc1. The lowest BCUT2D eigenvalue weighted by atomic mass is 9.92. The highest BCUT2D eigenvalue weighted by atomic mass is 16.5. The van der Waals surface area contributed by atoms with Crippen molar-refractivity contribution in [2.75, 3.05) is 20.8 Å². The van der Waals surface area contributed by atoms with Gasteiger partial charge in [0, 0.05) is 17.7 Å². The summed E-state index contributed by atoms with van der Waals surface area (Å²) in [5.74, 6) is 0.528. The molecule has 3 aromatic rings. The Labute approximate surface area is 176 Å². The van der Waals surface area contributed by atoms with Gasteiger partial charge in [-0.1, -0.05) is 0 Å². The zero-order valence-electron chi connectivity index (χ0n) is 16.8. The second-order valence-corrected chi connectivity index (χ2v) is 7.22. The van der Waals surface area contributed by atoms with Crippen LogP contribution in [0.1, 0.15) is 11.7 Å². The maximum Gasteiger partial charge on any atom is 0.197 e. The molecule has 1 aromatic heterocycles. The summed E-state index contributed by atoms with van der Waals surface area (Å²) in [5.41, 5.74) is 0.171. The van der Waals surface area contributed by atoms with Crippen molar-refractivity contribution in [1.29, 1.82) is 0 Å². The van der Waals surface area contributed by atoms with Crippen molar-refractivity contribution in [3.8, 4) is 28.6 Å². The Kier molecular flexibility index (Phi) is 5.59. The van der Waals surface area contributed by atoms with Crippen molar-refractivity contribution in [3.05, 3.63) is 52.2 Å². The van der Waals surface area contributed by atoms with Crippen molar-refractivity contribution >= 4 is 11.0 Å². The number of benzene rings is 2. The third-order valence-electron chi connectivity index (χ3n) is 5.37. The Morgan fingerprint density at radius 3 is 2.35 bits per heavy atom.